The smallest absolute Gasteiger partial charge is 0.234 e. The summed E-state index contributed by atoms with van der Waals surface area (Å²) < 4.78 is 13.7. The highest BCUT2D eigenvalue weighted by atomic mass is 16.5. The van der Waals surface area contributed by atoms with Crippen molar-refractivity contribution < 1.29 is 14.3 Å². The molecule has 3 aromatic heterocycles. The molecule has 8 nitrogen and oxygen atoms in total. The van der Waals surface area contributed by atoms with Crippen molar-refractivity contribution in [2.75, 3.05) is 11.5 Å². The fourth-order valence-electron chi connectivity index (χ4n) is 6.01. The van der Waals surface area contributed by atoms with Crippen molar-refractivity contribution in [1.29, 1.82) is 0 Å². The molecule has 8 heteroatoms. The van der Waals surface area contributed by atoms with Gasteiger partial charge in [-0.15, -0.1) is 0 Å². The molecular formula is C38H41N5O3. The summed E-state index contributed by atoms with van der Waals surface area (Å²) in [6.07, 6.45) is 10.1. The van der Waals surface area contributed by atoms with E-state index in [1.807, 2.05) is 95.9 Å². The largest absolute Gasteiger partial charge is 0.489 e. The van der Waals surface area contributed by atoms with E-state index in [4.69, 9.17) is 14.5 Å². The number of amides is 1. The van der Waals surface area contributed by atoms with Crippen LogP contribution in [0.3, 0.4) is 0 Å². The Labute approximate surface area is 271 Å². The summed E-state index contributed by atoms with van der Waals surface area (Å²) in [4.78, 5) is 25.5. The number of hydrogen-bond acceptors (Lipinski definition) is 6. The standard InChI is InChI=1S/C38H41N5O3/c1-4-45-37-19-16-29(20-40-37)23-42-24-30(21-41-42)25-43(31-17-18-35(27(2)3)39-22-31)38(44)34-14-8-13-33-32(34)12-9-15-36(33)46-26-28-10-6-5-7-11-28/h5-7,9-12,15-22,24,27,34H,4,8,13-14,23,25-26H2,1-3H3. The predicted molar refractivity (Wildman–Crippen MR) is 179 cm³/mol. The van der Waals surface area contributed by atoms with Crippen molar-refractivity contribution in [3.63, 3.8) is 0 Å². The number of carbonyl (C=O) groups excluding carboxylic acids is 1. The maximum atomic E-state index is 14.6. The van der Waals surface area contributed by atoms with Crippen LogP contribution in [0.2, 0.25) is 0 Å². The minimum Gasteiger partial charge on any atom is -0.489 e. The zero-order valence-electron chi connectivity index (χ0n) is 26.8. The van der Waals surface area contributed by atoms with Gasteiger partial charge in [0.05, 0.1) is 43.7 Å². The van der Waals surface area contributed by atoms with E-state index >= 15 is 0 Å². The van der Waals surface area contributed by atoms with Gasteiger partial charge in [0.15, 0.2) is 0 Å². The molecule has 0 fully saturated rings. The lowest BCUT2D eigenvalue weighted by atomic mass is 9.81. The first-order valence-corrected chi connectivity index (χ1v) is 16.1. The molecule has 236 valence electrons. The summed E-state index contributed by atoms with van der Waals surface area (Å²) >= 11 is 0. The zero-order chi connectivity index (χ0) is 31.9. The molecular weight excluding hydrogens is 574 g/mol. The Morgan fingerprint density at radius 3 is 2.52 bits per heavy atom. The number of hydrogen-bond donors (Lipinski definition) is 0. The number of aromatic nitrogens is 4. The average molecular weight is 616 g/mol. The molecule has 0 saturated heterocycles. The first-order chi connectivity index (χ1) is 22.5. The molecule has 1 unspecified atom stereocenters. The van der Waals surface area contributed by atoms with Gasteiger partial charge in [0, 0.05) is 29.7 Å². The fraction of sp³-hybridized carbons (Fsp3) is 0.316. The average Bonchev–Trinajstić information content (AvgIpc) is 3.54. The highest BCUT2D eigenvalue weighted by Crippen LogP contribution is 2.39. The highest BCUT2D eigenvalue weighted by Gasteiger charge is 2.32. The Hall–Kier alpha value is -4.98. The van der Waals surface area contributed by atoms with Crippen LogP contribution < -0.4 is 14.4 Å². The van der Waals surface area contributed by atoms with E-state index < -0.39 is 0 Å². The molecule has 6 rings (SSSR count). The van der Waals surface area contributed by atoms with Crippen LogP contribution in [0.1, 0.15) is 79.0 Å². The quantitative estimate of drug-likeness (QED) is 0.145. The van der Waals surface area contributed by atoms with Crippen LogP contribution in [0.25, 0.3) is 0 Å². The summed E-state index contributed by atoms with van der Waals surface area (Å²) in [6.45, 7) is 8.21. The molecule has 3 heterocycles. The minimum atomic E-state index is -0.279. The monoisotopic (exact) mass is 615 g/mol. The molecule has 1 aliphatic carbocycles. The molecule has 2 aromatic carbocycles. The number of benzene rings is 2. The molecule has 0 spiro atoms. The van der Waals surface area contributed by atoms with Gasteiger partial charge >= 0.3 is 0 Å². The minimum absolute atomic E-state index is 0.0590. The van der Waals surface area contributed by atoms with Gasteiger partial charge in [0.1, 0.15) is 12.4 Å². The molecule has 1 amide bonds. The predicted octanol–water partition coefficient (Wildman–Crippen LogP) is 7.48. The number of anilines is 1. The third-order valence-corrected chi connectivity index (χ3v) is 8.40. The second-order valence-electron chi connectivity index (χ2n) is 12.0. The number of ether oxygens (including phenoxy) is 2. The van der Waals surface area contributed by atoms with Crippen molar-refractivity contribution in [3.8, 4) is 11.6 Å². The molecule has 0 bridgehead atoms. The first-order valence-electron chi connectivity index (χ1n) is 16.1. The normalized spacial score (nSPS) is 14.1. The molecule has 1 aliphatic rings. The first kappa shape index (κ1) is 31.0. The van der Waals surface area contributed by atoms with Gasteiger partial charge in [-0.2, -0.15) is 5.10 Å². The second-order valence-corrected chi connectivity index (χ2v) is 12.0. The molecule has 0 aliphatic heterocycles. The number of carbonyl (C=O) groups is 1. The van der Waals surface area contributed by atoms with Crippen LogP contribution in [0, 0.1) is 0 Å². The van der Waals surface area contributed by atoms with Crippen molar-refractivity contribution >= 4 is 11.6 Å². The van der Waals surface area contributed by atoms with E-state index in [-0.39, 0.29) is 11.8 Å². The number of nitrogens with zero attached hydrogens (tertiary/aromatic N) is 5. The maximum absolute atomic E-state index is 14.6. The van der Waals surface area contributed by atoms with Crippen molar-refractivity contribution in [3.05, 3.63) is 131 Å². The van der Waals surface area contributed by atoms with Gasteiger partial charge in [-0.25, -0.2) is 4.98 Å². The van der Waals surface area contributed by atoms with Crippen LogP contribution >= 0.6 is 0 Å². The zero-order valence-corrected chi connectivity index (χ0v) is 26.8. The van der Waals surface area contributed by atoms with Crippen molar-refractivity contribution in [2.24, 2.45) is 0 Å². The number of pyridine rings is 2. The summed E-state index contributed by atoms with van der Waals surface area (Å²) in [7, 11) is 0. The van der Waals surface area contributed by atoms with Gasteiger partial charge in [-0.1, -0.05) is 62.4 Å². The molecule has 0 N–H and O–H groups in total. The van der Waals surface area contributed by atoms with Crippen LogP contribution in [0.4, 0.5) is 5.69 Å². The Morgan fingerprint density at radius 1 is 0.913 bits per heavy atom. The summed E-state index contributed by atoms with van der Waals surface area (Å²) in [6, 6.07) is 24.2. The van der Waals surface area contributed by atoms with E-state index in [0.29, 0.717) is 38.1 Å². The Morgan fingerprint density at radius 2 is 1.78 bits per heavy atom. The molecule has 5 aromatic rings. The Bertz CT molecular complexity index is 1730. The van der Waals surface area contributed by atoms with Crippen molar-refractivity contribution in [2.45, 2.75) is 71.6 Å². The Balaban J connectivity index is 1.25. The van der Waals surface area contributed by atoms with E-state index in [0.717, 1.165) is 64.2 Å². The molecule has 0 saturated carbocycles. The van der Waals surface area contributed by atoms with E-state index in [1.54, 1.807) is 0 Å². The molecule has 1 atom stereocenters. The third kappa shape index (κ3) is 7.28. The molecule has 0 radical (unpaired) electrons. The lowest BCUT2D eigenvalue weighted by molar-refractivity contribution is -0.120. The van der Waals surface area contributed by atoms with E-state index in [1.165, 1.54) is 0 Å². The highest BCUT2D eigenvalue weighted by molar-refractivity contribution is 5.98. The van der Waals surface area contributed by atoms with Crippen LogP contribution in [-0.2, 0) is 30.9 Å². The topological polar surface area (TPSA) is 82.4 Å². The van der Waals surface area contributed by atoms with Gasteiger partial charge < -0.3 is 14.4 Å². The van der Waals surface area contributed by atoms with Gasteiger partial charge in [-0.05, 0) is 72.6 Å². The summed E-state index contributed by atoms with van der Waals surface area (Å²) in [5, 5.41) is 4.61. The maximum Gasteiger partial charge on any atom is 0.234 e. The van der Waals surface area contributed by atoms with Gasteiger partial charge in [0.25, 0.3) is 0 Å². The fourth-order valence-corrected chi connectivity index (χ4v) is 6.01. The summed E-state index contributed by atoms with van der Waals surface area (Å²) in [5.41, 5.74) is 7.04. The third-order valence-electron chi connectivity index (χ3n) is 8.40. The van der Waals surface area contributed by atoms with Gasteiger partial charge in [0.2, 0.25) is 11.8 Å². The number of rotatable bonds is 12. The second kappa shape index (κ2) is 14.4. The lowest BCUT2D eigenvalue weighted by Crippen LogP contribution is -2.36. The van der Waals surface area contributed by atoms with E-state index in [2.05, 4.69) is 42.1 Å². The van der Waals surface area contributed by atoms with Crippen LogP contribution in [0.5, 0.6) is 11.6 Å². The Kier molecular flexibility index (Phi) is 9.72. The van der Waals surface area contributed by atoms with Crippen LogP contribution in [0.15, 0.2) is 97.6 Å². The number of fused-ring (bicyclic) bond motifs is 1. The van der Waals surface area contributed by atoms with Gasteiger partial charge in [-0.3, -0.25) is 14.5 Å². The SMILES string of the molecule is CCOc1ccc(Cn2cc(CN(C(=O)C3CCCc4c(OCc5ccccc5)cccc43)c3ccc(C(C)C)nc3)cn2)cn1. The summed E-state index contributed by atoms with van der Waals surface area (Å²) in [5.74, 6) is 1.55. The van der Waals surface area contributed by atoms with Crippen LogP contribution in [-0.4, -0.2) is 32.3 Å². The lowest BCUT2D eigenvalue weighted by Gasteiger charge is -2.31. The van der Waals surface area contributed by atoms with E-state index in [9.17, 15) is 4.79 Å². The molecule has 46 heavy (non-hydrogen) atoms. The van der Waals surface area contributed by atoms with Crippen molar-refractivity contribution in [1.82, 2.24) is 19.7 Å².